The molecular formula is C26H24ClN3O3S. The monoisotopic (exact) mass is 493 g/mol. The highest BCUT2D eigenvalue weighted by molar-refractivity contribution is 7.19. The molecule has 4 fully saturated rings. The lowest BCUT2D eigenvalue weighted by Crippen LogP contribution is -2.51. The summed E-state index contributed by atoms with van der Waals surface area (Å²) in [6.07, 6.45) is 6.85. The maximum Gasteiger partial charge on any atom is 0.269 e. The van der Waals surface area contributed by atoms with Crippen LogP contribution in [0.2, 0.25) is 5.02 Å². The van der Waals surface area contributed by atoms with E-state index in [0.717, 1.165) is 35.3 Å². The van der Waals surface area contributed by atoms with Gasteiger partial charge in [0, 0.05) is 22.7 Å². The first-order chi connectivity index (χ1) is 16.4. The third kappa shape index (κ3) is 3.81. The molecule has 4 aliphatic carbocycles. The fourth-order valence-electron chi connectivity index (χ4n) is 6.73. The first-order valence-corrected chi connectivity index (χ1v) is 12.9. The molecule has 174 valence electrons. The van der Waals surface area contributed by atoms with Gasteiger partial charge in [0.2, 0.25) is 5.91 Å². The van der Waals surface area contributed by atoms with Crippen molar-refractivity contribution in [3.8, 4) is 21.7 Å². The molecule has 8 heteroatoms. The van der Waals surface area contributed by atoms with Crippen molar-refractivity contribution in [2.75, 3.05) is 5.32 Å². The molecule has 6 nitrogen and oxygen atoms in total. The van der Waals surface area contributed by atoms with Crippen LogP contribution in [0, 0.1) is 33.3 Å². The van der Waals surface area contributed by atoms with Crippen LogP contribution in [0.15, 0.2) is 48.5 Å². The SMILES string of the molecule is O=C(Nc1nc(-c2ccc([N+](=O)[O-])cc2)c(-c2ccc(Cl)cc2)s1)C12CC3CC(CC(C3)C1)C2. The number of halogens is 1. The van der Waals surface area contributed by atoms with E-state index in [-0.39, 0.29) is 17.0 Å². The maximum absolute atomic E-state index is 13.6. The van der Waals surface area contributed by atoms with Crippen LogP contribution in [0.25, 0.3) is 21.7 Å². The average molecular weight is 494 g/mol. The molecule has 2 aromatic carbocycles. The van der Waals surface area contributed by atoms with E-state index in [9.17, 15) is 14.9 Å². The lowest BCUT2D eigenvalue weighted by atomic mass is 9.49. The molecule has 0 radical (unpaired) electrons. The molecule has 0 aliphatic heterocycles. The molecule has 3 aromatic rings. The van der Waals surface area contributed by atoms with Gasteiger partial charge in [-0.2, -0.15) is 0 Å². The van der Waals surface area contributed by atoms with E-state index in [0.29, 0.717) is 33.6 Å². The highest BCUT2D eigenvalue weighted by Gasteiger charge is 2.54. The Morgan fingerprint density at radius 2 is 1.53 bits per heavy atom. The van der Waals surface area contributed by atoms with E-state index in [2.05, 4.69) is 5.32 Å². The molecule has 34 heavy (non-hydrogen) atoms. The number of anilines is 1. The summed E-state index contributed by atoms with van der Waals surface area (Å²) in [6, 6.07) is 13.9. The van der Waals surface area contributed by atoms with Crippen molar-refractivity contribution in [1.29, 1.82) is 0 Å². The number of thiazole rings is 1. The lowest BCUT2D eigenvalue weighted by molar-refractivity contribution is -0.384. The Morgan fingerprint density at radius 1 is 0.971 bits per heavy atom. The number of hydrogen-bond donors (Lipinski definition) is 1. The molecule has 1 heterocycles. The normalized spacial score (nSPS) is 27.0. The molecule has 1 aromatic heterocycles. The largest absolute Gasteiger partial charge is 0.301 e. The Balaban J connectivity index is 1.34. The number of amides is 1. The quantitative estimate of drug-likeness (QED) is 0.301. The predicted molar refractivity (Wildman–Crippen MR) is 134 cm³/mol. The van der Waals surface area contributed by atoms with Gasteiger partial charge in [-0.1, -0.05) is 35.1 Å². The second-order valence-electron chi connectivity index (χ2n) is 10.2. The number of nitrogens with one attached hydrogen (secondary N) is 1. The summed E-state index contributed by atoms with van der Waals surface area (Å²) in [5.74, 6) is 2.18. The zero-order chi connectivity index (χ0) is 23.4. The van der Waals surface area contributed by atoms with Crippen molar-refractivity contribution < 1.29 is 9.72 Å². The molecule has 0 saturated heterocycles. The highest BCUT2D eigenvalue weighted by atomic mass is 35.5. The molecule has 0 unspecified atom stereocenters. The summed E-state index contributed by atoms with van der Waals surface area (Å²) in [6.45, 7) is 0. The minimum absolute atomic E-state index is 0.0300. The van der Waals surface area contributed by atoms with Crippen LogP contribution in [-0.4, -0.2) is 15.8 Å². The number of rotatable bonds is 5. The minimum Gasteiger partial charge on any atom is -0.301 e. The fraction of sp³-hybridized carbons (Fsp3) is 0.385. The number of nitro benzene ring substituents is 1. The summed E-state index contributed by atoms with van der Waals surface area (Å²) in [5.41, 5.74) is 2.17. The Kier molecular flexibility index (Phi) is 5.22. The molecule has 1 N–H and O–H groups in total. The number of non-ortho nitro benzene ring substituents is 1. The second kappa shape index (κ2) is 8.17. The van der Waals surface area contributed by atoms with E-state index < -0.39 is 4.92 Å². The first kappa shape index (κ1) is 21.7. The predicted octanol–water partition coefficient (Wildman–Crippen LogP) is 7.19. The van der Waals surface area contributed by atoms with Crippen molar-refractivity contribution in [1.82, 2.24) is 4.98 Å². The highest BCUT2D eigenvalue weighted by Crippen LogP contribution is 2.60. The standard InChI is InChI=1S/C26H24ClN3O3S/c27-20-5-1-19(2-6-20)23-22(18-3-7-21(8-4-18)30(32)33)28-25(34-23)29-24(31)26-12-15-9-16(13-26)11-17(10-15)14-26/h1-8,15-17H,9-14H2,(H,28,29,31). The van der Waals surface area contributed by atoms with Gasteiger partial charge in [0.1, 0.15) is 0 Å². The van der Waals surface area contributed by atoms with Crippen LogP contribution in [0.1, 0.15) is 38.5 Å². The Labute approximate surface area is 206 Å². The summed E-state index contributed by atoms with van der Waals surface area (Å²) in [7, 11) is 0. The summed E-state index contributed by atoms with van der Waals surface area (Å²) < 4.78 is 0. The summed E-state index contributed by atoms with van der Waals surface area (Å²) in [4.78, 5) is 30.0. The van der Waals surface area contributed by atoms with E-state index in [1.807, 2.05) is 24.3 Å². The zero-order valence-corrected chi connectivity index (χ0v) is 20.1. The maximum atomic E-state index is 13.6. The topological polar surface area (TPSA) is 85.1 Å². The number of carbonyl (C=O) groups is 1. The molecule has 4 saturated carbocycles. The van der Waals surface area contributed by atoms with Gasteiger partial charge in [-0.15, -0.1) is 0 Å². The molecule has 7 rings (SSSR count). The Bertz CT molecular complexity index is 1230. The van der Waals surface area contributed by atoms with Crippen LogP contribution in [0.5, 0.6) is 0 Å². The van der Waals surface area contributed by atoms with Crippen molar-refractivity contribution >= 4 is 39.7 Å². The molecule has 4 aliphatic rings. The minimum atomic E-state index is -0.415. The molecule has 1 amide bonds. The van der Waals surface area contributed by atoms with Crippen LogP contribution in [-0.2, 0) is 4.79 Å². The first-order valence-electron chi connectivity index (χ1n) is 11.7. The van der Waals surface area contributed by atoms with Crippen molar-refractivity contribution in [2.45, 2.75) is 38.5 Å². The Hall–Kier alpha value is -2.77. The number of carbonyl (C=O) groups excluding carboxylic acids is 1. The second-order valence-corrected chi connectivity index (χ2v) is 11.6. The van der Waals surface area contributed by atoms with E-state index in [4.69, 9.17) is 16.6 Å². The van der Waals surface area contributed by atoms with Gasteiger partial charge in [0.05, 0.1) is 20.9 Å². The van der Waals surface area contributed by atoms with E-state index in [1.165, 1.54) is 42.7 Å². The zero-order valence-electron chi connectivity index (χ0n) is 18.5. The average Bonchev–Trinajstić information content (AvgIpc) is 3.22. The number of hydrogen-bond acceptors (Lipinski definition) is 5. The summed E-state index contributed by atoms with van der Waals surface area (Å²) in [5, 5.41) is 15.5. The third-order valence-electron chi connectivity index (χ3n) is 7.83. The smallest absolute Gasteiger partial charge is 0.269 e. The van der Waals surface area contributed by atoms with Crippen molar-refractivity contribution in [3.63, 3.8) is 0 Å². The van der Waals surface area contributed by atoms with E-state index in [1.54, 1.807) is 12.1 Å². The third-order valence-corrected chi connectivity index (χ3v) is 9.10. The number of benzene rings is 2. The molecule has 4 bridgehead atoms. The van der Waals surface area contributed by atoms with E-state index >= 15 is 0 Å². The fourth-order valence-corrected chi connectivity index (χ4v) is 7.84. The summed E-state index contributed by atoms with van der Waals surface area (Å²) >= 11 is 7.53. The lowest BCUT2D eigenvalue weighted by Gasteiger charge is -2.55. The van der Waals surface area contributed by atoms with Crippen LogP contribution in [0.3, 0.4) is 0 Å². The number of nitro groups is 1. The van der Waals surface area contributed by atoms with Crippen LogP contribution in [0.4, 0.5) is 10.8 Å². The van der Waals surface area contributed by atoms with Crippen LogP contribution < -0.4 is 5.32 Å². The van der Waals surface area contributed by atoms with Gasteiger partial charge in [-0.3, -0.25) is 14.9 Å². The van der Waals surface area contributed by atoms with Crippen molar-refractivity contribution in [3.05, 3.63) is 63.7 Å². The van der Waals surface area contributed by atoms with Crippen molar-refractivity contribution in [2.24, 2.45) is 23.2 Å². The molecule has 0 atom stereocenters. The van der Waals surface area contributed by atoms with Gasteiger partial charge in [0.25, 0.3) is 5.69 Å². The van der Waals surface area contributed by atoms with Gasteiger partial charge in [-0.05, 0) is 86.1 Å². The van der Waals surface area contributed by atoms with Gasteiger partial charge >= 0.3 is 0 Å². The number of nitrogens with zero attached hydrogens (tertiary/aromatic N) is 2. The Morgan fingerprint density at radius 3 is 2.09 bits per heavy atom. The van der Waals surface area contributed by atoms with Gasteiger partial charge < -0.3 is 5.32 Å². The number of aromatic nitrogens is 1. The molecule has 0 spiro atoms. The van der Waals surface area contributed by atoms with Gasteiger partial charge in [0.15, 0.2) is 5.13 Å². The molecular weight excluding hydrogens is 470 g/mol. The van der Waals surface area contributed by atoms with Gasteiger partial charge in [-0.25, -0.2) is 4.98 Å². The van der Waals surface area contributed by atoms with Crippen LogP contribution >= 0.6 is 22.9 Å².